The van der Waals surface area contributed by atoms with Gasteiger partial charge < -0.3 is 10.2 Å². The number of hydrogen-bond donors (Lipinski definition) is 1. The molecule has 0 aliphatic carbocycles. The number of amides is 2. The Morgan fingerprint density at radius 3 is 2.79 bits per heavy atom. The summed E-state index contributed by atoms with van der Waals surface area (Å²) in [7, 11) is 1.85. The van der Waals surface area contributed by atoms with Crippen LogP contribution in [0.15, 0.2) is 6.07 Å². The quantitative estimate of drug-likeness (QED) is 0.853. The third-order valence-corrected chi connectivity index (χ3v) is 3.41. The van der Waals surface area contributed by atoms with Crippen LogP contribution >= 0.6 is 0 Å². The fraction of sp³-hybridized carbons (Fsp3) is 0.615. The fourth-order valence-electron chi connectivity index (χ4n) is 2.44. The molecule has 2 amide bonds. The summed E-state index contributed by atoms with van der Waals surface area (Å²) in [6, 6.07) is 1.59. The maximum absolute atomic E-state index is 12.0. The SMILES string of the molecule is CCCC1C(=O)NCC(=O)N1Cc1cc(C)nn1C. The van der Waals surface area contributed by atoms with E-state index in [9.17, 15) is 9.59 Å². The molecule has 0 radical (unpaired) electrons. The molecule has 1 aliphatic rings. The minimum Gasteiger partial charge on any atom is -0.345 e. The number of aryl methyl sites for hydroxylation is 2. The zero-order valence-corrected chi connectivity index (χ0v) is 11.6. The monoisotopic (exact) mass is 264 g/mol. The van der Waals surface area contributed by atoms with Crippen molar-refractivity contribution in [2.24, 2.45) is 7.05 Å². The molecule has 1 aromatic rings. The molecule has 0 bridgehead atoms. The van der Waals surface area contributed by atoms with Crippen molar-refractivity contribution in [2.45, 2.75) is 39.3 Å². The molecule has 1 saturated heterocycles. The van der Waals surface area contributed by atoms with Crippen LogP contribution in [-0.2, 0) is 23.2 Å². The van der Waals surface area contributed by atoms with Gasteiger partial charge in [-0.1, -0.05) is 13.3 Å². The van der Waals surface area contributed by atoms with Crippen LogP contribution in [-0.4, -0.2) is 39.1 Å². The lowest BCUT2D eigenvalue weighted by Gasteiger charge is -2.34. The summed E-state index contributed by atoms with van der Waals surface area (Å²) in [4.78, 5) is 25.6. The van der Waals surface area contributed by atoms with Crippen molar-refractivity contribution in [1.82, 2.24) is 20.0 Å². The Hall–Kier alpha value is -1.85. The zero-order valence-electron chi connectivity index (χ0n) is 11.6. The van der Waals surface area contributed by atoms with E-state index in [1.54, 1.807) is 9.58 Å². The number of carbonyl (C=O) groups excluding carboxylic acids is 2. The van der Waals surface area contributed by atoms with Gasteiger partial charge in [0.25, 0.3) is 0 Å². The predicted molar refractivity (Wildman–Crippen MR) is 70.2 cm³/mol. The Bertz CT molecular complexity index is 495. The molecule has 0 aromatic carbocycles. The molecule has 1 aliphatic heterocycles. The van der Waals surface area contributed by atoms with Crippen LogP contribution in [0.1, 0.15) is 31.2 Å². The van der Waals surface area contributed by atoms with Gasteiger partial charge in [0.1, 0.15) is 6.04 Å². The summed E-state index contributed by atoms with van der Waals surface area (Å²) in [5.41, 5.74) is 1.86. The van der Waals surface area contributed by atoms with Gasteiger partial charge in [-0.3, -0.25) is 14.3 Å². The number of piperazine rings is 1. The lowest BCUT2D eigenvalue weighted by Crippen LogP contribution is -2.57. The Morgan fingerprint density at radius 2 is 2.21 bits per heavy atom. The van der Waals surface area contributed by atoms with Gasteiger partial charge in [0, 0.05) is 7.05 Å². The van der Waals surface area contributed by atoms with E-state index in [4.69, 9.17) is 0 Å². The van der Waals surface area contributed by atoms with Crippen LogP contribution in [0.4, 0.5) is 0 Å². The Balaban J connectivity index is 2.20. The second-order valence-electron chi connectivity index (χ2n) is 4.94. The van der Waals surface area contributed by atoms with Gasteiger partial charge in [-0.25, -0.2) is 0 Å². The summed E-state index contributed by atoms with van der Waals surface area (Å²) in [6.45, 7) is 4.46. The first kappa shape index (κ1) is 13.6. The number of carbonyl (C=O) groups is 2. The average molecular weight is 264 g/mol. The molecule has 1 fully saturated rings. The molecule has 0 saturated carbocycles. The van der Waals surface area contributed by atoms with Gasteiger partial charge in [-0.05, 0) is 19.4 Å². The van der Waals surface area contributed by atoms with Crippen molar-refractivity contribution in [3.63, 3.8) is 0 Å². The molecule has 2 rings (SSSR count). The minimum atomic E-state index is -0.360. The molecular formula is C13H20N4O2. The van der Waals surface area contributed by atoms with E-state index in [1.807, 2.05) is 27.0 Å². The van der Waals surface area contributed by atoms with Gasteiger partial charge in [0.15, 0.2) is 0 Å². The molecule has 2 heterocycles. The summed E-state index contributed by atoms with van der Waals surface area (Å²) in [5.74, 6) is -0.0859. The topological polar surface area (TPSA) is 67.2 Å². The zero-order chi connectivity index (χ0) is 14.0. The first-order valence-corrected chi connectivity index (χ1v) is 6.59. The van der Waals surface area contributed by atoms with Crippen LogP contribution < -0.4 is 5.32 Å². The molecular weight excluding hydrogens is 244 g/mol. The van der Waals surface area contributed by atoms with E-state index >= 15 is 0 Å². The normalized spacial score (nSPS) is 19.7. The molecule has 19 heavy (non-hydrogen) atoms. The molecule has 1 N–H and O–H groups in total. The summed E-state index contributed by atoms with van der Waals surface area (Å²) in [5, 5.41) is 6.92. The van der Waals surface area contributed by atoms with Gasteiger partial charge in [0.05, 0.1) is 24.5 Å². The van der Waals surface area contributed by atoms with E-state index < -0.39 is 0 Å². The lowest BCUT2D eigenvalue weighted by molar-refractivity contribution is -0.146. The highest BCUT2D eigenvalue weighted by atomic mass is 16.2. The van der Waals surface area contributed by atoms with E-state index in [2.05, 4.69) is 10.4 Å². The lowest BCUT2D eigenvalue weighted by atomic mass is 10.1. The molecule has 6 nitrogen and oxygen atoms in total. The van der Waals surface area contributed by atoms with Crippen molar-refractivity contribution < 1.29 is 9.59 Å². The number of aromatic nitrogens is 2. The largest absolute Gasteiger partial charge is 0.345 e. The summed E-state index contributed by atoms with van der Waals surface area (Å²) < 4.78 is 1.76. The summed E-state index contributed by atoms with van der Waals surface area (Å²) >= 11 is 0. The maximum atomic E-state index is 12.0. The van der Waals surface area contributed by atoms with Crippen LogP contribution in [0.25, 0.3) is 0 Å². The first-order chi connectivity index (χ1) is 9.02. The molecule has 1 aromatic heterocycles. The Morgan fingerprint density at radius 1 is 1.47 bits per heavy atom. The Kier molecular flexibility index (Phi) is 3.87. The van der Waals surface area contributed by atoms with E-state index in [1.165, 1.54) is 0 Å². The van der Waals surface area contributed by atoms with Crippen molar-refractivity contribution in [3.05, 3.63) is 17.5 Å². The van der Waals surface area contributed by atoms with E-state index in [0.29, 0.717) is 13.0 Å². The molecule has 1 atom stereocenters. The highest BCUT2D eigenvalue weighted by Gasteiger charge is 2.34. The molecule has 6 heteroatoms. The van der Waals surface area contributed by atoms with Crippen LogP contribution in [0.3, 0.4) is 0 Å². The van der Waals surface area contributed by atoms with Crippen LogP contribution in [0, 0.1) is 6.92 Å². The standard InChI is InChI=1S/C13H20N4O2/c1-4-5-11-13(19)14-7-12(18)17(11)8-10-6-9(2)15-16(10)3/h6,11H,4-5,7-8H2,1-3H3,(H,14,19). The number of nitrogens with one attached hydrogen (secondary N) is 1. The fourth-order valence-corrected chi connectivity index (χ4v) is 2.44. The van der Waals surface area contributed by atoms with Crippen molar-refractivity contribution in [3.8, 4) is 0 Å². The Labute approximate surface area is 112 Å². The smallest absolute Gasteiger partial charge is 0.243 e. The minimum absolute atomic E-state index is 0.0306. The highest BCUT2D eigenvalue weighted by Crippen LogP contribution is 2.16. The van der Waals surface area contributed by atoms with Gasteiger partial charge in [-0.2, -0.15) is 5.10 Å². The van der Waals surface area contributed by atoms with E-state index in [0.717, 1.165) is 17.8 Å². The highest BCUT2D eigenvalue weighted by molar-refractivity contribution is 5.94. The average Bonchev–Trinajstić information content (AvgIpc) is 2.67. The summed E-state index contributed by atoms with van der Waals surface area (Å²) in [6.07, 6.45) is 1.56. The van der Waals surface area contributed by atoms with Gasteiger partial charge >= 0.3 is 0 Å². The van der Waals surface area contributed by atoms with Crippen LogP contribution in [0.2, 0.25) is 0 Å². The predicted octanol–water partition coefficient (Wildman–Crippen LogP) is 0.356. The maximum Gasteiger partial charge on any atom is 0.243 e. The van der Waals surface area contributed by atoms with E-state index in [-0.39, 0.29) is 24.4 Å². The second-order valence-corrected chi connectivity index (χ2v) is 4.94. The third kappa shape index (κ3) is 2.77. The second kappa shape index (κ2) is 5.42. The van der Waals surface area contributed by atoms with Crippen LogP contribution in [0.5, 0.6) is 0 Å². The number of nitrogens with zero attached hydrogens (tertiary/aromatic N) is 3. The third-order valence-electron chi connectivity index (χ3n) is 3.41. The number of hydrogen-bond acceptors (Lipinski definition) is 3. The first-order valence-electron chi connectivity index (χ1n) is 6.59. The van der Waals surface area contributed by atoms with Gasteiger partial charge in [-0.15, -0.1) is 0 Å². The molecule has 1 unspecified atom stereocenters. The van der Waals surface area contributed by atoms with Crippen molar-refractivity contribution >= 4 is 11.8 Å². The number of rotatable bonds is 4. The van der Waals surface area contributed by atoms with Crippen molar-refractivity contribution in [2.75, 3.05) is 6.54 Å². The van der Waals surface area contributed by atoms with Crippen molar-refractivity contribution in [1.29, 1.82) is 0 Å². The molecule has 0 spiro atoms. The molecule has 104 valence electrons. The van der Waals surface area contributed by atoms with Gasteiger partial charge in [0.2, 0.25) is 11.8 Å².